The van der Waals surface area contributed by atoms with Gasteiger partial charge in [0.1, 0.15) is 11.8 Å². The number of nitrogens with zero attached hydrogens (tertiary/aromatic N) is 2. The van der Waals surface area contributed by atoms with Gasteiger partial charge >= 0.3 is 0 Å². The van der Waals surface area contributed by atoms with E-state index in [9.17, 15) is 4.79 Å². The lowest BCUT2D eigenvalue weighted by atomic mass is 10.0. The summed E-state index contributed by atoms with van der Waals surface area (Å²) >= 11 is 0. The molecule has 6 heteroatoms. The molecule has 1 atom stereocenters. The van der Waals surface area contributed by atoms with E-state index in [0.717, 1.165) is 5.56 Å². The molecule has 2 rings (SSSR count). The minimum absolute atomic E-state index is 0.0177. The molecule has 1 amide bonds. The molecule has 0 bridgehead atoms. The maximum Gasteiger partial charge on any atom is 0.247 e. The molecular weight excluding hydrogens is 270 g/mol. The minimum atomic E-state index is -0.504. The predicted octanol–water partition coefficient (Wildman–Crippen LogP) is 1.59. The van der Waals surface area contributed by atoms with Gasteiger partial charge in [-0.1, -0.05) is 35.5 Å². The van der Waals surface area contributed by atoms with Crippen LogP contribution in [0, 0.1) is 6.92 Å². The molecule has 0 saturated carbocycles. The lowest BCUT2D eigenvalue weighted by Crippen LogP contribution is -2.36. The first-order chi connectivity index (χ1) is 10.1. The fourth-order valence-electron chi connectivity index (χ4n) is 2.15. The Bertz CT molecular complexity index is 583. The number of likely N-dealkylation sites (N-methyl/N-ethyl adjacent to an activating group) is 1. The Balaban J connectivity index is 2.20. The van der Waals surface area contributed by atoms with Crippen LogP contribution in [-0.2, 0) is 4.79 Å². The van der Waals surface area contributed by atoms with E-state index >= 15 is 0 Å². The van der Waals surface area contributed by atoms with Crippen molar-refractivity contribution >= 4 is 11.7 Å². The van der Waals surface area contributed by atoms with E-state index in [4.69, 9.17) is 9.63 Å². The van der Waals surface area contributed by atoms with Gasteiger partial charge in [-0.15, -0.1) is 0 Å². The molecule has 1 heterocycles. The van der Waals surface area contributed by atoms with Crippen LogP contribution in [-0.4, -0.2) is 41.3 Å². The molecular formula is C15H19N3O3. The molecule has 0 spiro atoms. The average molecular weight is 289 g/mol. The highest BCUT2D eigenvalue weighted by Gasteiger charge is 2.25. The molecule has 0 saturated heterocycles. The van der Waals surface area contributed by atoms with Gasteiger partial charge in [-0.2, -0.15) is 0 Å². The van der Waals surface area contributed by atoms with Gasteiger partial charge in [0.25, 0.3) is 0 Å². The molecule has 112 valence electrons. The Labute approximate surface area is 123 Å². The van der Waals surface area contributed by atoms with Crippen molar-refractivity contribution in [3.8, 4) is 0 Å². The van der Waals surface area contributed by atoms with E-state index < -0.39 is 6.04 Å². The van der Waals surface area contributed by atoms with E-state index in [-0.39, 0.29) is 12.5 Å². The summed E-state index contributed by atoms with van der Waals surface area (Å²) in [4.78, 5) is 14.3. The third-order valence-corrected chi connectivity index (χ3v) is 3.14. The van der Waals surface area contributed by atoms with E-state index in [2.05, 4.69) is 10.5 Å². The number of aliphatic hydroxyl groups excluding tert-OH is 1. The number of aryl methyl sites for hydroxylation is 1. The molecule has 0 aliphatic rings. The summed E-state index contributed by atoms with van der Waals surface area (Å²) in [5.74, 6) is 0.798. The van der Waals surface area contributed by atoms with Crippen LogP contribution in [0.4, 0.5) is 5.82 Å². The molecule has 6 nitrogen and oxygen atoms in total. The number of hydrogen-bond acceptors (Lipinski definition) is 5. The van der Waals surface area contributed by atoms with Crippen LogP contribution in [0.25, 0.3) is 0 Å². The number of aliphatic hydroxyl groups is 1. The summed E-state index contributed by atoms with van der Waals surface area (Å²) in [6, 6.07) is 10.6. The monoisotopic (exact) mass is 289 g/mol. The van der Waals surface area contributed by atoms with Crippen molar-refractivity contribution in [2.75, 3.05) is 25.5 Å². The van der Waals surface area contributed by atoms with Gasteiger partial charge in [-0.05, 0) is 19.5 Å². The molecule has 0 fully saturated rings. The molecule has 21 heavy (non-hydrogen) atoms. The Morgan fingerprint density at radius 2 is 2.14 bits per heavy atom. The molecule has 2 aromatic rings. The summed E-state index contributed by atoms with van der Waals surface area (Å²) in [5.41, 5.74) is 0.853. The fourth-order valence-corrected chi connectivity index (χ4v) is 2.15. The molecule has 1 aromatic heterocycles. The maximum absolute atomic E-state index is 12.5. The largest absolute Gasteiger partial charge is 0.395 e. The first-order valence-corrected chi connectivity index (χ1v) is 6.72. The second-order valence-corrected chi connectivity index (χ2v) is 4.83. The number of carbonyl (C=O) groups is 1. The van der Waals surface area contributed by atoms with E-state index in [1.165, 1.54) is 0 Å². The SMILES string of the molecule is Cc1cc(NC(=O)C(c2ccccc2)N(C)CCO)no1. The van der Waals surface area contributed by atoms with Gasteiger partial charge in [0.2, 0.25) is 5.91 Å². The Hall–Kier alpha value is -2.18. The van der Waals surface area contributed by atoms with Gasteiger partial charge in [0.05, 0.1) is 6.61 Å². The molecule has 0 aliphatic heterocycles. The van der Waals surface area contributed by atoms with Crippen LogP contribution in [0.2, 0.25) is 0 Å². The summed E-state index contributed by atoms with van der Waals surface area (Å²) in [7, 11) is 1.79. The number of amides is 1. The van der Waals surface area contributed by atoms with Gasteiger partial charge in [-0.25, -0.2) is 0 Å². The maximum atomic E-state index is 12.5. The Morgan fingerprint density at radius 1 is 1.43 bits per heavy atom. The van der Waals surface area contributed by atoms with Crippen molar-refractivity contribution in [2.24, 2.45) is 0 Å². The minimum Gasteiger partial charge on any atom is -0.395 e. The quantitative estimate of drug-likeness (QED) is 0.844. The number of anilines is 1. The highest BCUT2D eigenvalue weighted by atomic mass is 16.5. The number of benzene rings is 1. The molecule has 1 aromatic carbocycles. The topological polar surface area (TPSA) is 78.6 Å². The normalized spacial score (nSPS) is 12.4. The summed E-state index contributed by atoms with van der Waals surface area (Å²) < 4.78 is 4.94. The molecule has 0 aliphatic carbocycles. The van der Waals surface area contributed by atoms with Crippen molar-refractivity contribution < 1.29 is 14.4 Å². The van der Waals surface area contributed by atoms with Crippen molar-refractivity contribution in [1.82, 2.24) is 10.1 Å². The molecule has 0 radical (unpaired) electrons. The van der Waals surface area contributed by atoms with Crippen molar-refractivity contribution in [2.45, 2.75) is 13.0 Å². The molecule has 1 unspecified atom stereocenters. The first-order valence-electron chi connectivity index (χ1n) is 6.72. The van der Waals surface area contributed by atoms with Crippen molar-refractivity contribution in [3.63, 3.8) is 0 Å². The lowest BCUT2D eigenvalue weighted by Gasteiger charge is -2.26. The lowest BCUT2D eigenvalue weighted by molar-refractivity contribution is -0.121. The van der Waals surface area contributed by atoms with Gasteiger partial charge in [-0.3, -0.25) is 9.69 Å². The zero-order valence-corrected chi connectivity index (χ0v) is 12.1. The summed E-state index contributed by atoms with van der Waals surface area (Å²) in [6.07, 6.45) is 0. The second kappa shape index (κ2) is 7.01. The Kier molecular flexibility index (Phi) is 5.08. The number of hydrogen-bond donors (Lipinski definition) is 2. The summed E-state index contributed by atoms with van der Waals surface area (Å²) in [6.45, 7) is 2.14. The van der Waals surface area contributed by atoms with Crippen LogP contribution >= 0.6 is 0 Å². The number of aromatic nitrogens is 1. The van der Waals surface area contributed by atoms with Gasteiger partial charge < -0.3 is 14.9 Å². The third-order valence-electron chi connectivity index (χ3n) is 3.14. The fraction of sp³-hybridized carbons (Fsp3) is 0.333. The van der Waals surface area contributed by atoms with Crippen LogP contribution in [0.3, 0.4) is 0 Å². The third kappa shape index (κ3) is 3.90. The van der Waals surface area contributed by atoms with Crippen LogP contribution in [0.1, 0.15) is 17.4 Å². The van der Waals surface area contributed by atoms with Crippen molar-refractivity contribution in [3.05, 3.63) is 47.7 Å². The van der Waals surface area contributed by atoms with E-state index in [0.29, 0.717) is 18.1 Å². The standard InChI is InChI=1S/C15H19N3O3/c1-11-10-13(17-21-11)16-15(20)14(18(2)8-9-19)12-6-4-3-5-7-12/h3-7,10,14,19H,8-9H2,1-2H3,(H,16,17,20). The predicted molar refractivity (Wildman–Crippen MR) is 78.8 cm³/mol. The van der Waals surface area contributed by atoms with E-state index in [1.807, 2.05) is 30.3 Å². The average Bonchev–Trinajstić information content (AvgIpc) is 2.86. The van der Waals surface area contributed by atoms with Crippen LogP contribution < -0.4 is 5.32 Å². The van der Waals surface area contributed by atoms with Gasteiger partial charge in [0.15, 0.2) is 5.82 Å². The van der Waals surface area contributed by atoms with Crippen LogP contribution in [0.15, 0.2) is 40.9 Å². The second-order valence-electron chi connectivity index (χ2n) is 4.83. The summed E-state index contributed by atoms with van der Waals surface area (Å²) in [5, 5.41) is 15.6. The smallest absolute Gasteiger partial charge is 0.247 e. The zero-order chi connectivity index (χ0) is 15.2. The highest BCUT2D eigenvalue weighted by molar-refractivity contribution is 5.94. The van der Waals surface area contributed by atoms with E-state index in [1.54, 1.807) is 24.9 Å². The van der Waals surface area contributed by atoms with Crippen molar-refractivity contribution in [1.29, 1.82) is 0 Å². The number of carbonyl (C=O) groups excluding carboxylic acids is 1. The van der Waals surface area contributed by atoms with Gasteiger partial charge in [0, 0.05) is 12.6 Å². The first kappa shape index (κ1) is 15.2. The number of rotatable bonds is 6. The number of nitrogens with one attached hydrogen (secondary N) is 1. The Morgan fingerprint density at radius 3 is 2.71 bits per heavy atom. The van der Waals surface area contributed by atoms with Crippen LogP contribution in [0.5, 0.6) is 0 Å². The molecule has 2 N–H and O–H groups in total. The highest BCUT2D eigenvalue weighted by Crippen LogP contribution is 2.21. The zero-order valence-electron chi connectivity index (χ0n) is 12.1.